The van der Waals surface area contributed by atoms with E-state index in [2.05, 4.69) is 16.6 Å². The molecule has 0 saturated carbocycles. The van der Waals surface area contributed by atoms with Gasteiger partial charge in [0.1, 0.15) is 23.7 Å². The molecule has 0 aliphatic carbocycles. The zero-order chi connectivity index (χ0) is 29.2. The van der Waals surface area contributed by atoms with Crippen LogP contribution in [-0.2, 0) is 27.5 Å². The number of aromatic nitrogens is 1. The highest BCUT2D eigenvalue weighted by Gasteiger charge is 2.35. The maximum absolute atomic E-state index is 13.6. The fraction of sp³-hybridized carbons (Fsp3) is 0.385. The number of carbonyl (C=O) groups excluding carboxylic acids is 4. The molecule has 12 heteroatoms. The molecule has 0 aliphatic rings. The van der Waals surface area contributed by atoms with E-state index in [1.54, 1.807) is 13.8 Å². The third kappa shape index (κ3) is 6.40. The van der Waals surface area contributed by atoms with Crippen LogP contribution in [0.15, 0.2) is 18.2 Å². The van der Waals surface area contributed by atoms with Gasteiger partial charge in [-0.2, -0.15) is 13.2 Å². The predicted molar refractivity (Wildman–Crippen MR) is 130 cm³/mol. The summed E-state index contributed by atoms with van der Waals surface area (Å²) in [5.41, 5.74) is -3.32. The first-order chi connectivity index (χ1) is 17.4. The first kappa shape index (κ1) is 30.1. The number of rotatable bonds is 8. The highest BCUT2D eigenvalue weighted by molar-refractivity contribution is 6.44. The molecule has 2 aromatic rings. The Morgan fingerprint density at radius 1 is 1.16 bits per heavy atom. The molecule has 204 valence electrons. The average molecular weight is 538 g/mol. The van der Waals surface area contributed by atoms with E-state index >= 15 is 0 Å². The van der Waals surface area contributed by atoms with Gasteiger partial charge in [0.25, 0.3) is 17.6 Å². The number of alkyl halides is 3. The van der Waals surface area contributed by atoms with E-state index in [4.69, 9.17) is 11.2 Å². The van der Waals surface area contributed by atoms with Gasteiger partial charge in [-0.1, -0.05) is 19.8 Å². The van der Waals surface area contributed by atoms with Gasteiger partial charge >= 0.3 is 12.1 Å². The van der Waals surface area contributed by atoms with E-state index < -0.39 is 59.2 Å². The van der Waals surface area contributed by atoms with Crippen molar-refractivity contribution in [2.75, 3.05) is 11.9 Å². The standard InChI is InChI=1S/C26H27F4N3O5/c1-8-25(6,12-38-24(37)13(2)3)32-23(36)21(34)19-14(4)20(33(7)15(19)5)22(35)31-16-9-10-18(27)17(11-16)26(28,29)30/h1,9-11,13H,12H2,2-7H3,(H,31,35)(H,32,36)/t25-/m1/s1. The molecule has 1 heterocycles. The summed E-state index contributed by atoms with van der Waals surface area (Å²) < 4.78 is 59.1. The van der Waals surface area contributed by atoms with Crippen LogP contribution >= 0.6 is 0 Å². The summed E-state index contributed by atoms with van der Waals surface area (Å²) >= 11 is 0. The van der Waals surface area contributed by atoms with Gasteiger partial charge in [0.05, 0.1) is 17.0 Å². The Hall–Kier alpha value is -4.14. The minimum atomic E-state index is -4.98. The summed E-state index contributed by atoms with van der Waals surface area (Å²) in [5.74, 6) is -3.26. The van der Waals surface area contributed by atoms with Crippen molar-refractivity contribution in [2.45, 2.75) is 46.3 Å². The molecular formula is C26H27F4N3O5. The van der Waals surface area contributed by atoms with Gasteiger partial charge in [0.15, 0.2) is 0 Å². The summed E-state index contributed by atoms with van der Waals surface area (Å²) in [6, 6.07) is 1.98. The Morgan fingerprint density at radius 3 is 2.29 bits per heavy atom. The lowest BCUT2D eigenvalue weighted by Gasteiger charge is -2.24. The lowest BCUT2D eigenvalue weighted by molar-refractivity contribution is -0.149. The van der Waals surface area contributed by atoms with Gasteiger partial charge in [0.2, 0.25) is 0 Å². The number of anilines is 1. The normalized spacial score (nSPS) is 12.9. The molecular weight excluding hydrogens is 510 g/mol. The van der Waals surface area contributed by atoms with E-state index in [-0.39, 0.29) is 28.2 Å². The Kier molecular flexibility index (Phi) is 8.77. The zero-order valence-electron chi connectivity index (χ0n) is 21.6. The highest BCUT2D eigenvalue weighted by Crippen LogP contribution is 2.33. The molecule has 1 atom stereocenters. The molecule has 0 unspecified atom stereocenters. The van der Waals surface area contributed by atoms with Crippen LogP contribution in [0.2, 0.25) is 0 Å². The molecule has 1 aromatic carbocycles. The SMILES string of the molecule is C#C[C@](C)(COC(=O)C(C)C)NC(=O)C(=O)c1c(C)c(C(=O)Nc2ccc(F)c(C(F)(F)F)c2)n(C)c1C. The van der Waals surface area contributed by atoms with Crippen molar-refractivity contribution in [2.24, 2.45) is 13.0 Å². The number of ether oxygens (including phenoxy) is 1. The first-order valence-electron chi connectivity index (χ1n) is 11.3. The second-order valence-corrected chi connectivity index (χ2v) is 9.16. The van der Waals surface area contributed by atoms with Crippen molar-refractivity contribution < 1.29 is 41.5 Å². The molecule has 0 spiro atoms. The number of nitrogens with one attached hydrogen (secondary N) is 2. The predicted octanol–water partition coefficient (Wildman–Crippen LogP) is 3.94. The number of carbonyl (C=O) groups is 4. The molecule has 2 rings (SSSR count). The largest absolute Gasteiger partial charge is 0.462 e. The lowest BCUT2D eigenvalue weighted by atomic mass is 10.0. The van der Waals surface area contributed by atoms with Crippen LogP contribution in [0, 0.1) is 37.9 Å². The average Bonchev–Trinajstić information content (AvgIpc) is 3.05. The molecule has 0 radical (unpaired) electrons. The van der Waals surface area contributed by atoms with Crippen molar-refractivity contribution in [3.05, 3.63) is 52.1 Å². The van der Waals surface area contributed by atoms with Crippen LogP contribution in [0.4, 0.5) is 23.2 Å². The third-order valence-electron chi connectivity index (χ3n) is 5.79. The molecule has 1 aromatic heterocycles. The van der Waals surface area contributed by atoms with E-state index in [0.717, 1.165) is 6.07 Å². The number of Topliss-reactive ketones (excluding diaryl/α,β-unsaturated/α-hetero) is 1. The minimum Gasteiger partial charge on any atom is -0.462 e. The van der Waals surface area contributed by atoms with Gasteiger partial charge in [-0.05, 0) is 44.5 Å². The quantitative estimate of drug-likeness (QED) is 0.175. The number of ketones is 1. The summed E-state index contributed by atoms with van der Waals surface area (Å²) in [6.07, 6.45) is 0.509. The molecule has 8 nitrogen and oxygen atoms in total. The van der Waals surface area contributed by atoms with Gasteiger partial charge in [0, 0.05) is 18.4 Å². The lowest BCUT2D eigenvalue weighted by Crippen LogP contribution is -2.51. The fourth-order valence-electron chi connectivity index (χ4n) is 3.56. The smallest absolute Gasteiger partial charge is 0.419 e. The van der Waals surface area contributed by atoms with Crippen molar-refractivity contribution in [3.63, 3.8) is 0 Å². The number of benzene rings is 1. The van der Waals surface area contributed by atoms with Crippen molar-refractivity contribution in [3.8, 4) is 12.3 Å². The number of hydrogen-bond donors (Lipinski definition) is 2. The van der Waals surface area contributed by atoms with Crippen LogP contribution in [-0.4, -0.2) is 40.3 Å². The zero-order valence-corrected chi connectivity index (χ0v) is 21.6. The van der Waals surface area contributed by atoms with Crippen LogP contribution in [0.5, 0.6) is 0 Å². The molecule has 2 N–H and O–H groups in total. The Bertz CT molecular complexity index is 1340. The number of halogens is 4. The van der Waals surface area contributed by atoms with Gasteiger partial charge in [-0.3, -0.25) is 19.2 Å². The van der Waals surface area contributed by atoms with Crippen molar-refractivity contribution >= 4 is 29.3 Å². The van der Waals surface area contributed by atoms with E-state index in [1.807, 2.05) is 0 Å². The fourth-order valence-corrected chi connectivity index (χ4v) is 3.56. The number of nitrogens with zero attached hydrogens (tertiary/aromatic N) is 1. The summed E-state index contributed by atoms with van der Waals surface area (Å²) in [6.45, 7) is 7.06. The monoisotopic (exact) mass is 537 g/mol. The second kappa shape index (κ2) is 11.1. The van der Waals surface area contributed by atoms with E-state index in [0.29, 0.717) is 12.1 Å². The molecule has 2 amide bonds. The maximum Gasteiger partial charge on any atom is 0.419 e. The van der Waals surface area contributed by atoms with Crippen LogP contribution in [0.1, 0.15) is 58.4 Å². The molecule has 0 aliphatic heterocycles. The van der Waals surface area contributed by atoms with Crippen LogP contribution in [0.25, 0.3) is 0 Å². The Morgan fingerprint density at radius 2 is 1.76 bits per heavy atom. The Balaban J connectivity index is 2.32. The summed E-state index contributed by atoms with van der Waals surface area (Å²) in [7, 11) is 1.43. The number of amides is 2. The summed E-state index contributed by atoms with van der Waals surface area (Å²) in [4.78, 5) is 50.6. The number of terminal acetylenes is 1. The van der Waals surface area contributed by atoms with Crippen LogP contribution in [0.3, 0.4) is 0 Å². The molecule has 0 saturated heterocycles. The van der Waals surface area contributed by atoms with E-state index in [1.165, 1.54) is 32.4 Å². The molecule has 38 heavy (non-hydrogen) atoms. The van der Waals surface area contributed by atoms with Crippen molar-refractivity contribution in [1.82, 2.24) is 9.88 Å². The summed E-state index contributed by atoms with van der Waals surface area (Å²) in [5, 5.41) is 4.62. The second-order valence-electron chi connectivity index (χ2n) is 9.16. The number of hydrogen-bond acceptors (Lipinski definition) is 5. The highest BCUT2D eigenvalue weighted by atomic mass is 19.4. The van der Waals surface area contributed by atoms with Gasteiger partial charge in [-0.15, -0.1) is 6.42 Å². The maximum atomic E-state index is 13.6. The van der Waals surface area contributed by atoms with Crippen LogP contribution < -0.4 is 10.6 Å². The number of esters is 1. The minimum absolute atomic E-state index is 0.0782. The molecule has 0 bridgehead atoms. The van der Waals surface area contributed by atoms with Gasteiger partial charge < -0.3 is 19.9 Å². The topological polar surface area (TPSA) is 106 Å². The molecule has 0 fully saturated rings. The van der Waals surface area contributed by atoms with Crippen molar-refractivity contribution in [1.29, 1.82) is 0 Å². The Labute approximate surface area is 216 Å². The first-order valence-corrected chi connectivity index (χ1v) is 11.3. The third-order valence-corrected chi connectivity index (χ3v) is 5.79. The van der Waals surface area contributed by atoms with Gasteiger partial charge in [-0.25, -0.2) is 4.39 Å². The van der Waals surface area contributed by atoms with E-state index in [9.17, 15) is 36.7 Å².